The first kappa shape index (κ1) is 18.1. The molecule has 1 saturated carbocycles. The molecular formula is C17H24N4O3. The molecule has 1 heterocycles. The molecule has 1 aliphatic carbocycles. The second-order valence-corrected chi connectivity index (χ2v) is 5.68. The van der Waals surface area contributed by atoms with Gasteiger partial charge in [-0.1, -0.05) is 12.2 Å². The molecule has 1 aromatic heterocycles. The van der Waals surface area contributed by atoms with Crippen LogP contribution in [0.5, 0.6) is 0 Å². The lowest BCUT2D eigenvalue weighted by Gasteiger charge is -2.32. The molecule has 0 aliphatic heterocycles. The molecule has 0 aromatic carbocycles. The number of hydrogen-bond acceptors (Lipinski definition) is 5. The predicted molar refractivity (Wildman–Crippen MR) is 91.6 cm³/mol. The Morgan fingerprint density at radius 2 is 2.29 bits per heavy atom. The van der Waals surface area contributed by atoms with Crippen molar-refractivity contribution < 1.29 is 14.7 Å². The van der Waals surface area contributed by atoms with E-state index in [1.807, 2.05) is 31.2 Å². The van der Waals surface area contributed by atoms with E-state index in [9.17, 15) is 4.79 Å². The Bertz CT molecular complexity index is 592. The molecule has 0 amide bonds. The third kappa shape index (κ3) is 5.14. The van der Waals surface area contributed by atoms with Gasteiger partial charge >= 0.3 is 5.97 Å². The highest BCUT2D eigenvalue weighted by molar-refractivity contribution is 5.97. The first-order valence-corrected chi connectivity index (χ1v) is 8.01. The van der Waals surface area contributed by atoms with Crippen LogP contribution in [0.3, 0.4) is 0 Å². The molecule has 0 spiro atoms. The Morgan fingerprint density at radius 1 is 1.50 bits per heavy atom. The summed E-state index contributed by atoms with van der Waals surface area (Å²) in [5.41, 5.74) is 4.56. The molecule has 0 radical (unpaired) electrons. The SMILES string of the molecule is C/C=C/CONC(=NC)c1ccc(CNC2CC(C(=O)O)C2)nc1. The molecule has 130 valence electrons. The van der Waals surface area contributed by atoms with Crippen molar-refractivity contribution in [2.45, 2.75) is 32.4 Å². The average Bonchev–Trinajstić information content (AvgIpc) is 2.54. The van der Waals surface area contributed by atoms with E-state index in [1.165, 1.54) is 0 Å². The maximum Gasteiger partial charge on any atom is 0.306 e. The van der Waals surface area contributed by atoms with Gasteiger partial charge in [-0.25, -0.2) is 5.48 Å². The Labute approximate surface area is 141 Å². The molecule has 7 nitrogen and oxygen atoms in total. The van der Waals surface area contributed by atoms with Gasteiger partial charge in [-0.15, -0.1) is 0 Å². The summed E-state index contributed by atoms with van der Waals surface area (Å²) in [6, 6.07) is 4.12. The van der Waals surface area contributed by atoms with E-state index in [0.717, 1.165) is 11.3 Å². The van der Waals surface area contributed by atoms with Crippen molar-refractivity contribution in [2.75, 3.05) is 13.7 Å². The number of amidine groups is 1. The van der Waals surface area contributed by atoms with E-state index in [0.29, 0.717) is 31.8 Å². The van der Waals surface area contributed by atoms with Crippen molar-refractivity contribution in [2.24, 2.45) is 10.9 Å². The van der Waals surface area contributed by atoms with Crippen LogP contribution >= 0.6 is 0 Å². The molecule has 1 aromatic rings. The fraction of sp³-hybridized carbons (Fsp3) is 0.471. The number of hydrogen-bond donors (Lipinski definition) is 3. The van der Waals surface area contributed by atoms with E-state index in [-0.39, 0.29) is 12.0 Å². The highest BCUT2D eigenvalue weighted by atomic mass is 16.6. The third-order valence-corrected chi connectivity index (χ3v) is 3.97. The van der Waals surface area contributed by atoms with E-state index < -0.39 is 5.97 Å². The molecule has 0 unspecified atom stereocenters. The highest BCUT2D eigenvalue weighted by Gasteiger charge is 2.33. The van der Waals surface area contributed by atoms with Crippen LogP contribution in [-0.2, 0) is 16.2 Å². The molecule has 7 heteroatoms. The summed E-state index contributed by atoms with van der Waals surface area (Å²) < 4.78 is 0. The lowest BCUT2D eigenvalue weighted by Crippen LogP contribution is -2.43. The number of rotatable bonds is 8. The summed E-state index contributed by atoms with van der Waals surface area (Å²) in [6.07, 6.45) is 6.92. The van der Waals surface area contributed by atoms with Crippen LogP contribution in [0.15, 0.2) is 35.5 Å². The Balaban J connectivity index is 1.78. The van der Waals surface area contributed by atoms with Crippen molar-refractivity contribution in [3.8, 4) is 0 Å². The van der Waals surface area contributed by atoms with Crippen LogP contribution in [0.1, 0.15) is 31.0 Å². The maximum atomic E-state index is 10.8. The van der Waals surface area contributed by atoms with Crippen molar-refractivity contribution in [1.29, 1.82) is 0 Å². The van der Waals surface area contributed by atoms with Crippen molar-refractivity contribution in [3.63, 3.8) is 0 Å². The van der Waals surface area contributed by atoms with Gasteiger partial charge in [0.1, 0.15) is 0 Å². The molecule has 0 bridgehead atoms. The topological polar surface area (TPSA) is 95.8 Å². The number of aromatic nitrogens is 1. The average molecular weight is 332 g/mol. The maximum absolute atomic E-state index is 10.8. The number of allylic oxidation sites excluding steroid dienone is 1. The van der Waals surface area contributed by atoms with E-state index >= 15 is 0 Å². The van der Waals surface area contributed by atoms with Gasteiger partial charge in [0, 0.05) is 31.4 Å². The number of hydroxylamine groups is 1. The van der Waals surface area contributed by atoms with Crippen LogP contribution in [0.25, 0.3) is 0 Å². The molecule has 1 fully saturated rings. The standard InChI is InChI=1S/C17H24N4O3/c1-3-4-7-24-21-16(18-2)12-5-6-14(19-10-12)11-20-15-8-13(9-15)17(22)23/h3-6,10,13,15,20H,7-9,11H2,1-2H3,(H,18,21)(H,22,23)/b4-3+. The van der Waals surface area contributed by atoms with Gasteiger partial charge in [0.15, 0.2) is 5.84 Å². The lowest BCUT2D eigenvalue weighted by atomic mass is 9.80. The first-order chi connectivity index (χ1) is 11.6. The summed E-state index contributed by atoms with van der Waals surface area (Å²) in [5, 5.41) is 12.2. The second kappa shape index (κ2) is 9.14. The Hall–Kier alpha value is -2.25. The van der Waals surface area contributed by atoms with Gasteiger partial charge in [-0.05, 0) is 31.9 Å². The van der Waals surface area contributed by atoms with Gasteiger partial charge in [-0.3, -0.25) is 19.6 Å². The van der Waals surface area contributed by atoms with Crippen molar-refractivity contribution in [1.82, 2.24) is 15.8 Å². The number of nitrogens with zero attached hydrogens (tertiary/aromatic N) is 2. The number of aliphatic imine (C=N–C) groups is 1. The van der Waals surface area contributed by atoms with E-state index in [1.54, 1.807) is 13.2 Å². The van der Waals surface area contributed by atoms with Gasteiger partial charge in [-0.2, -0.15) is 0 Å². The summed E-state index contributed by atoms with van der Waals surface area (Å²) in [6.45, 7) is 3.02. The molecule has 24 heavy (non-hydrogen) atoms. The molecule has 0 atom stereocenters. The van der Waals surface area contributed by atoms with Crippen molar-refractivity contribution >= 4 is 11.8 Å². The molecule has 3 N–H and O–H groups in total. The number of carboxylic acids is 1. The Kier molecular flexibility index (Phi) is 6.89. The summed E-state index contributed by atoms with van der Waals surface area (Å²) >= 11 is 0. The zero-order chi connectivity index (χ0) is 17.4. The monoisotopic (exact) mass is 332 g/mol. The fourth-order valence-electron chi connectivity index (χ4n) is 2.39. The quantitative estimate of drug-likeness (QED) is 0.220. The van der Waals surface area contributed by atoms with E-state index in [4.69, 9.17) is 9.94 Å². The van der Waals surface area contributed by atoms with Crippen LogP contribution < -0.4 is 10.8 Å². The van der Waals surface area contributed by atoms with Crippen LogP contribution in [0, 0.1) is 5.92 Å². The van der Waals surface area contributed by atoms with Crippen molar-refractivity contribution in [3.05, 3.63) is 41.7 Å². The highest BCUT2D eigenvalue weighted by Crippen LogP contribution is 2.27. The van der Waals surface area contributed by atoms with Crippen LogP contribution in [0.4, 0.5) is 0 Å². The second-order valence-electron chi connectivity index (χ2n) is 5.68. The largest absolute Gasteiger partial charge is 0.481 e. The predicted octanol–water partition coefficient (Wildman–Crippen LogP) is 1.51. The first-order valence-electron chi connectivity index (χ1n) is 8.01. The third-order valence-electron chi connectivity index (χ3n) is 3.97. The lowest BCUT2D eigenvalue weighted by molar-refractivity contribution is -0.145. The minimum atomic E-state index is -0.703. The molecule has 1 aliphatic rings. The van der Waals surface area contributed by atoms with Gasteiger partial charge in [0.25, 0.3) is 0 Å². The molecule has 0 saturated heterocycles. The molecule has 2 rings (SSSR count). The minimum absolute atomic E-state index is 0.199. The van der Waals surface area contributed by atoms with Gasteiger partial charge in [0.05, 0.1) is 18.2 Å². The summed E-state index contributed by atoms with van der Waals surface area (Å²) in [5.74, 6) is -0.282. The normalized spacial score (nSPS) is 20.8. The number of nitrogens with one attached hydrogen (secondary N) is 2. The zero-order valence-corrected chi connectivity index (χ0v) is 14.0. The zero-order valence-electron chi connectivity index (χ0n) is 14.0. The molecular weight excluding hydrogens is 308 g/mol. The van der Waals surface area contributed by atoms with Crippen LogP contribution in [-0.4, -0.2) is 41.6 Å². The minimum Gasteiger partial charge on any atom is -0.481 e. The van der Waals surface area contributed by atoms with Gasteiger partial charge < -0.3 is 10.4 Å². The Morgan fingerprint density at radius 3 is 2.88 bits per heavy atom. The fourth-order valence-corrected chi connectivity index (χ4v) is 2.39. The van der Waals surface area contributed by atoms with Gasteiger partial charge in [0.2, 0.25) is 0 Å². The number of carbonyl (C=O) groups is 1. The smallest absolute Gasteiger partial charge is 0.306 e. The number of aliphatic carboxylic acids is 1. The number of carboxylic acid groups (broad SMARTS) is 1. The summed E-state index contributed by atoms with van der Waals surface area (Å²) in [4.78, 5) is 24.6. The summed E-state index contributed by atoms with van der Waals surface area (Å²) in [7, 11) is 1.69. The number of pyridine rings is 1. The van der Waals surface area contributed by atoms with E-state index in [2.05, 4.69) is 20.8 Å². The van der Waals surface area contributed by atoms with Crippen LogP contribution in [0.2, 0.25) is 0 Å².